The van der Waals surface area contributed by atoms with Crippen molar-refractivity contribution in [2.75, 3.05) is 32.2 Å². The highest BCUT2D eigenvalue weighted by molar-refractivity contribution is 6.33. The van der Waals surface area contributed by atoms with E-state index in [1.165, 1.54) is 19.2 Å². The first kappa shape index (κ1) is 14.8. The molecule has 108 valence electrons. The number of carbonyl (C=O) groups excluding carboxylic acids is 2. The Labute approximate surface area is 121 Å². The minimum Gasteiger partial charge on any atom is -0.465 e. The lowest BCUT2D eigenvalue weighted by molar-refractivity contribution is -0.120. The van der Waals surface area contributed by atoms with Crippen molar-refractivity contribution in [1.82, 2.24) is 5.32 Å². The third kappa shape index (κ3) is 3.47. The molecule has 2 N–H and O–H groups in total. The van der Waals surface area contributed by atoms with E-state index in [1.54, 1.807) is 6.07 Å². The van der Waals surface area contributed by atoms with Gasteiger partial charge in [-0.2, -0.15) is 0 Å². The van der Waals surface area contributed by atoms with Crippen LogP contribution in [0.1, 0.15) is 10.4 Å². The molecule has 20 heavy (non-hydrogen) atoms. The van der Waals surface area contributed by atoms with Crippen LogP contribution in [0.2, 0.25) is 5.02 Å². The number of hydrogen-bond acceptors (Lipinski definition) is 5. The number of morpholine rings is 1. The van der Waals surface area contributed by atoms with Crippen LogP contribution in [-0.2, 0) is 14.3 Å². The number of rotatable bonds is 3. The number of methoxy groups -OCH3 is 1. The van der Waals surface area contributed by atoms with Gasteiger partial charge in [-0.25, -0.2) is 4.79 Å². The Kier molecular flexibility index (Phi) is 4.94. The highest BCUT2D eigenvalue weighted by Gasteiger charge is 2.21. The number of nitrogens with one attached hydrogen (secondary N) is 2. The Balaban J connectivity index is 2.09. The molecule has 1 aliphatic heterocycles. The summed E-state index contributed by atoms with van der Waals surface area (Å²) < 4.78 is 9.85. The number of anilines is 1. The smallest absolute Gasteiger partial charge is 0.339 e. The number of ether oxygens (including phenoxy) is 2. The van der Waals surface area contributed by atoms with Crippen molar-refractivity contribution in [2.45, 2.75) is 6.04 Å². The number of halogens is 1. The molecular weight excluding hydrogens is 284 g/mol. The summed E-state index contributed by atoms with van der Waals surface area (Å²) in [7, 11) is 1.27. The monoisotopic (exact) mass is 298 g/mol. The minimum atomic E-state index is -0.551. The van der Waals surface area contributed by atoms with Crippen molar-refractivity contribution in [3.8, 4) is 0 Å². The van der Waals surface area contributed by atoms with Gasteiger partial charge in [0.25, 0.3) is 0 Å². The van der Waals surface area contributed by atoms with E-state index in [-0.39, 0.29) is 16.5 Å². The Hall–Kier alpha value is -1.63. The molecule has 1 unspecified atom stereocenters. The number of esters is 1. The zero-order chi connectivity index (χ0) is 14.5. The molecule has 1 saturated heterocycles. The Morgan fingerprint density at radius 2 is 2.30 bits per heavy atom. The molecule has 1 fully saturated rings. The quantitative estimate of drug-likeness (QED) is 0.816. The van der Waals surface area contributed by atoms with Gasteiger partial charge in [-0.15, -0.1) is 0 Å². The maximum Gasteiger partial charge on any atom is 0.339 e. The first-order valence-corrected chi connectivity index (χ1v) is 6.49. The van der Waals surface area contributed by atoms with Crippen LogP contribution in [0.3, 0.4) is 0 Å². The molecule has 7 heteroatoms. The lowest BCUT2D eigenvalue weighted by Crippen LogP contribution is -2.48. The van der Waals surface area contributed by atoms with E-state index in [0.29, 0.717) is 25.4 Å². The fourth-order valence-corrected chi connectivity index (χ4v) is 2.03. The van der Waals surface area contributed by atoms with Crippen LogP contribution in [0.5, 0.6) is 0 Å². The summed E-state index contributed by atoms with van der Waals surface area (Å²) in [5, 5.41) is 6.03. The van der Waals surface area contributed by atoms with Gasteiger partial charge >= 0.3 is 5.97 Å². The van der Waals surface area contributed by atoms with Gasteiger partial charge in [0, 0.05) is 12.2 Å². The van der Waals surface area contributed by atoms with E-state index in [9.17, 15) is 9.59 Å². The molecule has 1 heterocycles. The highest BCUT2D eigenvalue weighted by atomic mass is 35.5. The van der Waals surface area contributed by atoms with Crippen LogP contribution in [0.15, 0.2) is 18.2 Å². The van der Waals surface area contributed by atoms with Crippen molar-refractivity contribution >= 4 is 29.2 Å². The van der Waals surface area contributed by atoms with Crippen LogP contribution >= 0.6 is 11.6 Å². The summed E-state index contributed by atoms with van der Waals surface area (Å²) in [6, 6.07) is 4.24. The molecular formula is C13H15ClN2O4. The molecule has 0 saturated carbocycles. The molecule has 6 nitrogen and oxygen atoms in total. The van der Waals surface area contributed by atoms with Gasteiger partial charge in [-0.3, -0.25) is 4.79 Å². The standard InChI is InChI=1S/C13H15ClN2O4/c1-19-13(18)9-6-8(2-3-10(9)14)16-12(17)11-7-20-5-4-15-11/h2-3,6,11,15H,4-5,7H2,1H3,(H,16,17). The molecule has 0 spiro atoms. The van der Waals surface area contributed by atoms with Gasteiger partial charge in [0.1, 0.15) is 6.04 Å². The second-order valence-corrected chi connectivity index (χ2v) is 4.66. The second-order valence-electron chi connectivity index (χ2n) is 4.26. The molecule has 0 radical (unpaired) electrons. The lowest BCUT2D eigenvalue weighted by Gasteiger charge is -2.23. The second kappa shape index (κ2) is 6.69. The maximum atomic E-state index is 12.0. The molecule has 1 atom stereocenters. The van der Waals surface area contributed by atoms with Gasteiger partial charge in [0.05, 0.1) is 30.9 Å². The molecule has 0 aromatic heterocycles. The number of hydrogen-bond donors (Lipinski definition) is 2. The van der Waals surface area contributed by atoms with Crippen LogP contribution in [-0.4, -0.2) is 44.8 Å². The van der Waals surface area contributed by atoms with Gasteiger partial charge in [0.2, 0.25) is 5.91 Å². The summed E-state index contributed by atoms with van der Waals surface area (Å²) in [4.78, 5) is 23.5. The Bertz CT molecular complexity index is 515. The number of amides is 1. The molecule has 0 bridgehead atoms. The maximum absolute atomic E-state index is 12.0. The zero-order valence-electron chi connectivity index (χ0n) is 10.9. The molecule has 1 aromatic rings. The molecule has 1 aliphatic rings. The zero-order valence-corrected chi connectivity index (χ0v) is 11.7. The fourth-order valence-electron chi connectivity index (χ4n) is 1.83. The summed E-state index contributed by atoms with van der Waals surface area (Å²) in [6.45, 7) is 1.55. The summed E-state index contributed by atoms with van der Waals surface area (Å²) in [5.74, 6) is -0.770. The van der Waals surface area contributed by atoms with Crippen molar-refractivity contribution in [2.24, 2.45) is 0 Å². The van der Waals surface area contributed by atoms with E-state index in [0.717, 1.165) is 0 Å². The lowest BCUT2D eigenvalue weighted by atomic mass is 10.2. The van der Waals surface area contributed by atoms with Crippen LogP contribution in [0, 0.1) is 0 Å². The largest absolute Gasteiger partial charge is 0.465 e. The van der Waals surface area contributed by atoms with Gasteiger partial charge in [-0.05, 0) is 18.2 Å². The SMILES string of the molecule is COC(=O)c1cc(NC(=O)C2COCCN2)ccc1Cl. The first-order chi connectivity index (χ1) is 9.61. The minimum absolute atomic E-state index is 0.208. The van der Waals surface area contributed by atoms with Crippen molar-refractivity contribution in [1.29, 1.82) is 0 Å². The van der Waals surface area contributed by atoms with Crippen molar-refractivity contribution in [3.63, 3.8) is 0 Å². The van der Waals surface area contributed by atoms with E-state index in [1.807, 2.05) is 0 Å². The van der Waals surface area contributed by atoms with Crippen molar-refractivity contribution < 1.29 is 19.1 Å². The third-order valence-corrected chi connectivity index (χ3v) is 3.21. The van der Waals surface area contributed by atoms with Gasteiger partial charge < -0.3 is 20.1 Å². The number of benzene rings is 1. The average molecular weight is 299 g/mol. The van der Waals surface area contributed by atoms with Crippen molar-refractivity contribution in [3.05, 3.63) is 28.8 Å². The van der Waals surface area contributed by atoms with E-state index in [2.05, 4.69) is 15.4 Å². The van der Waals surface area contributed by atoms with Crippen LogP contribution in [0.4, 0.5) is 5.69 Å². The molecule has 0 aliphatic carbocycles. The fraction of sp³-hybridized carbons (Fsp3) is 0.385. The predicted molar refractivity (Wildman–Crippen MR) is 74.0 cm³/mol. The molecule has 1 amide bonds. The van der Waals surface area contributed by atoms with E-state index >= 15 is 0 Å². The molecule has 1 aromatic carbocycles. The third-order valence-electron chi connectivity index (χ3n) is 2.88. The van der Waals surface area contributed by atoms with E-state index < -0.39 is 12.0 Å². The Morgan fingerprint density at radius 1 is 1.50 bits per heavy atom. The summed E-state index contributed by atoms with van der Waals surface area (Å²) >= 11 is 5.91. The number of carbonyl (C=O) groups is 2. The Morgan fingerprint density at radius 3 is 2.95 bits per heavy atom. The van der Waals surface area contributed by atoms with Crippen LogP contribution < -0.4 is 10.6 Å². The topological polar surface area (TPSA) is 76.7 Å². The highest BCUT2D eigenvalue weighted by Crippen LogP contribution is 2.21. The first-order valence-electron chi connectivity index (χ1n) is 6.11. The van der Waals surface area contributed by atoms with Crippen LogP contribution in [0.25, 0.3) is 0 Å². The normalized spacial score (nSPS) is 18.4. The summed E-state index contributed by atoms with van der Waals surface area (Å²) in [5.41, 5.74) is 0.687. The van der Waals surface area contributed by atoms with E-state index in [4.69, 9.17) is 16.3 Å². The predicted octanol–water partition coefficient (Wildman–Crippen LogP) is 1.05. The molecule has 2 rings (SSSR count). The van der Waals surface area contributed by atoms with Gasteiger partial charge in [0.15, 0.2) is 0 Å². The summed E-state index contributed by atoms with van der Waals surface area (Å²) in [6.07, 6.45) is 0. The average Bonchev–Trinajstić information content (AvgIpc) is 2.49. The van der Waals surface area contributed by atoms with Gasteiger partial charge in [-0.1, -0.05) is 11.6 Å².